The second kappa shape index (κ2) is 14.8. The van der Waals surface area contributed by atoms with E-state index in [1.54, 1.807) is 35.6 Å². The molecular weight excluding hydrogens is 530 g/mol. The van der Waals surface area contributed by atoms with Crippen LogP contribution in [-0.4, -0.2) is 78.8 Å². The van der Waals surface area contributed by atoms with Crippen LogP contribution in [0.2, 0.25) is 0 Å². The number of aromatic nitrogens is 1. The first-order valence-electron chi connectivity index (χ1n) is 13.6. The Morgan fingerprint density at radius 1 is 1.12 bits per heavy atom. The van der Waals surface area contributed by atoms with Crippen LogP contribution in [0.25, 0.3) is 11.3 Å². The first kappa shape index (κ1) is 29.6. The summed E-state index contributed by atoms with van der Waals surface area (Å²) in [7, 11) is 1.95. The monoisotopic (exact) mass is 569 g/mol. The summed E-state index contributed by atoms with van der Waals surface area (Å²) in [6, 6.07) is 15.0. The molecule has 0 radical (unpaired) electrons. The van der Waals surface area contributed by atoms with Crippen molar-refractivity contribution in [3.63, 3.8) is 0 Å². The van der Waals surface area contributed by atoms with Crippen LogP contribution in [0.3, 0.4) is 0 Å². The second-order valence-corrected chi connectivity index (χ2v) is 10.7. The molecule has 1 unspecified atom stereocenters. The highest BCUT2D eigenvalue weighted by Gasteiger charge is 2.20. The number of aliphatic hydroxyl groups excluding tert-OH is 1. The normalized spacial score (nSPS) is 15.1. The Kier molecular flexibility index (Phi) is 11.0. The molecule has 3 aromatic rings. The number of benzene rings is 2. The number of rotatable bonds is 14. The zero-order chi connectivity index (χ0) is 28.3. The lowest BCUT2D eigenvalue weighted by Crippen LogP contribution is -2.35. The minimum absolute atomic E-state index is 0.0470. The van der Waals surface area contributed by atoms with Gasteiger partial charge < -0.3 is 35.2 Å². The Labute approximate surface area is 239 Å². The molecule has 0 saturated carbocycles. The van der Waals surface area contributed by atoms with Gasteiger partial charge in [-0.05, 0) is 55.0 Å². The molecule has 10 nitrogen and oxygen atoms in total. The molecule has 40 heavy (non-hydrogen) atoms. The van der Waals surface area contributed by atoms with Gasteiger partial charge in [0, 0.05) is 55.7 Å². The van der Waals surface area contributed by atoms with E-state index in [0.29, 0.717) is 23.6 Å². The van der Waals surface area contributed by atoms with E-state index in [1.165, 1.54) is 4.88 Å². The average Bonchev–Trinajstić information content (AvgIpc) is 3.40. The molecule has 1 fully saturated rings. The number of hydrogen-bond donors (Lipinski definition) is 3. The molecular formula is C29H39N5O5S. The Bertz CT molecular complexity index is 1210. The summed E-state index contributed by atoms with van der Waals surface area (Å²) >= 11 is 1.67. The number of nitrogens with two attached hydrogens (primary N) is 1. The fraction of sp³-hybridized carbons (Fsp3) is 0.448. The van der Waals surface area contributed by atoms with Crippen LogP contribution < -0.4 is 20.1 Å². The van der Waals surface area contributed by atoms with Crippen LogP contribution >= 0.6 is 11.3 Å². The van der Waals surface area contributed by atoms with Crippen molar-refractivity contribution in [3.8, 4) is 22.8 Å². The van der Waals surface area contributed by atoms with Crippen LogP contribution in [-0.2, 0) is 11.3 Å². The molecule has 2 heterocycles. The summed E-state index contributed by atoms with van der Waals surface area (Å²) in [5.41, 5.74) is 8.24. The predicted octanol–water partition coefficient (Wildman–Crippen LogP) is 4.14. The van der Waals surface area contributed by atoms with Gasteiger partial charge in [-0.2, -0.15) is 0 Å². The molecule has 1 aliphatic heterocycles. The molecule has 216 valence electrons. The lowest BCUT2D eigenvalue weighted by Gasteiger charge is -2.26. The van der Waals surface area contributed by atoms with Gasteiger partial charge in [0.1, 0.15) is 11.5 Å². The molecule has 1 aromatic heterocycles. The lowest BCUT2D eigenvalue weighted by molar-refractivity contribution is -0.00211. The van der Waals surface area contributed by atoms with E-state index < -0.39 is 6.29 Å². The van der Waals surface area contributed by atoms with Gasteiger partial charge in [0.05, 0.1) is 25.5 Å². The van der Waals surface area contributed by atoms with Crippen LogP contribution in [0.5, 0.6) is 11.5 Å². The number of morpholine rings is 1. The highest BCUT2D eigenvalue weighted by molar-refractivity contribution is 7.16. The number of thiazole rings is 1. The number of amidine groups is 1. The summed E-state index contributed by atoms with van der Waals surface area (Å²) in [6.07, 6.45) is 2.25. The first-order valence-corrected chi connectivity index (χ1v) is 14.5. The van der Waals surface area contributed by atoms with Crippen molar-refractivity contribution < 1.29 is 24.5 Å². The molecule has 1 aliphatic rings. The van der Waals surface area contributed by atoms with Gasteiger partial charge in [-0.15, -0.1) is 0 Å². The lowest BCUT2D eigenvalue weighted by atomic mass is 10.1. The van der Waals surface area contributed by atoms with E-state index in [2.05, 4.69) is 17.0 Å². The zero-order valence-corrected chi connectivity index (χ0v) is 24.0. The standard InChI is InChI=1S/C29H39N5O5S/c1-3-4-5-26(39-24-12-8-22(9-13-24)28(30)32-36)38-23-10-6-21(7-11-23)27-25(20-34-15-18-37-19-16-34)40-29(31-27)33(2)14-17-35/h6-13,26,35-36H,3-5,14-20H2,1-2H3,(H2,30,32). The third-order valence-corrected chi connectivity index (χ3v) is 7.79. The topological polar surface area (TPSA) is 126 Å². The molecule has 1 saturated heterocycles. The minimum atomic E-state index is -0.463. The average molecular weight is 570 g/mol. The summed E-state index contributed by atoms with van der Waals surface area (Å²) < 4.78 is 17.9. The Balaban J connectivity index is 1.49. The van der Waals surface area contributed by atoms with Crippen molar-refractivity contribution in [2.45, 2.75) is 39.0 Å². The molecule has 0 spiro atoms. The SMILES string of the molecule is CCCCC(Oc1ccc(C(N)=NO)cc1)Oc1ccc(-c2nc(N(C)CCO)sc2CN2CCOCC2)cc1. The van der Waals surface area contributed by atoms with Gasteiger partial charge in [0.2, 0.25) is 6.29 Å². The van der Waals surface area contributed by atoms with Gasteiger partial charge in [0.15, 0.2) is 11.0 Å². The Hall–Kier alpha value is -3.38. The molecule has 0 amide bonds. The highest BCUT2D eigenvalue weighted by atomic mass is 32.1. The molecule has 4 N–H and O–H groups in total. The number of anilines is 1. The molecule has 0 aliphatic carbocycles. The Morgan fingerprint density at radius 2 is 1.77 bits per heavy atom. The van der Waals surface area contributed by atoms with Crippen LogP contribution in [0.15, 0.2) is 53.7 Å². The van der Waals surface area contributed by atoms with Gasteiger partial charge in [0.25, 0.3) is 0 Å². The number of ether oxygens (including phenoxy) is 3. The zero-order valence-electron chi connectivity index (χ0n) is 23.2. The van der Waals surface area contributed by atoms with Crippen molar-refractivity contribution in [1.29, 1.82) is 0 Å². The maximum atomic E-state index is 9.42. The van der Waals surface area contributed by atoms with Crippen molar-refractivity contribution in [2.75, 3.05) is 51.4 Å². The van der Waals surface area contributed by atoms with Crippen molar-refractivity contribution in [2.24, 2.45) is 10.9 Å². The number of hydrogen-bond acceptors (Lipinski definition) is 10. The van der Waals surface area contributed by atoms with Crippen molar-refractivity contribution >= 4 is 22.3 Å². The predicted molar refractivity (Wildman–Crippen MR) is 158 cm³/mol. The largest absolute Gasteiger partial charge is 0.455 e. The third kappa shape index (κ3) is 8.07. The van der Waals surface area contributed by atoms with Gasteiger partial charge >= 0.3 is 0 Å². The smallest absolute Gasteiger partial charge is 0.241 e. The summed E-state index contributed by atoms with van der Waals surface area (Å²) in [4.78, 5) is 10.5. The van der Waals surface area contributed by atoms with Gasteiger partial charge in [-0.25, -0.2) is 4.98 Å². The maximum absolute atomic E-state index is 9.42. The second-order valence-electron chi connectivity index (χ2n) is 9.64. The number of oxime groups is 1. The molecule has 1 atom stereocenters. The van der Waals surface area contributed by atoms with Crippen LogP contribution in [0.4, 0.5) is 5.13 Å². The summed E-state index contributed by atoms with van der Waals surface area (Å²) in [6.45, 7) is 6.83. The maximum Gasteiger partial charge on any atom is 0.241 e. The number of unbranched alkanes of at least 4 members (excludes halogenated alkanes) is 1. The highest BCUT2D eigenvalue weighted by Crippen LogP contribution is 2.35. The Morgan fingerprint density at radius 3 is 2.38 bits per heavy atom. The quantitative estimate of drug-likeness (QED) is 0.0863. The van der Waals surface area contributed by atoms with Crippen LogP contribution in [0, 0.1) is 0 Å². The van der Waals surface area contributed by atoms with Gasteiger partial charge in [-0.3, -0.25) is 4.90 Å². The van der Waals surface area contributed by atoms with E-state index in [4.69, 9.17) is 30.1 Å². The summed E-state index contributed by atoms with van der Waals surface area (Å²) in [5.74, 6) is 1.40. The molecule has 11 heteroatoms. The number of likely N-dealkylation sites (N-methyl/N-ethyl adjacent to an activating group) is 1. The van der Waals surface area contributed by atoms with Crippen molar-refractivity contribution in [1.82, 2.24) is 9.88 Å². The van der Waals surface area contributed by atoms with Crippen molar-refractivity contribution in [3.05, 3.63) is 59.0 Å². The molecule has 2 aromatic carbocycles. The fourth-order valence-electron chi connectivity index (χ4n) is 4.31. The minimum Gasteiger partial charge on any atom is -0.455 e. The van der Waals surface area contributed by atoms with E-state index in [0.717, 1.165) is 68.5 Å². The number of aliphatic hydroxyl groups is 1. The van der Waals surface area contributed by atoms with E-state index >= 15 is 0 Å². The first-order chi connectivity index (χ1) is 19.5. The summed E-state index contributed by atoms with van der Waals surface area (Å²) in [5, 5.41) is 22.2. The molecule has 4 rings (SSSR count). The molecule has 0 bridgehead atoms. The van der Waals surface area contributed by atoms with Gasteiger partial charge in [-0.1, -0.05) is 29.8 Å². The fourth-order valence-corrected chi connectivity index (χ4v) is 5.42. The van der Waals surface area contributed by atoms with E-state index in [9.17, 15) is 5.11 Å². The van der Waals surface area contributed by atoms with Crippen LogP contribution in [0.1, 0.15) is 36.6 Å². The van der Waals surface area contributed by atoms with E-state index in [1.807, 2.05) is 36.2 Å². The van der Waals surface area contributed by atoms with E-state index in [-0.39, 0.29) is 12.4 Å². The third-order valence-electron chi connectivity index (χ3n) is 6.63. The number of nitrogens with zero attached hydrogens (tertiary/aromatic N) is 4.